The number of rotatable bonds is 5. The summed E-state index contributed by atoms with van der Waals surface area (Å²) < 4.78 is 37.7. The molecule has 0 aliphatic heterocycles. The van der Waals surface area contributed by atoms with Gasteiger partial charge in [0.1, 0.15) is 21.8 Å². The molecule has 0 bridgehead atoms. The third kappa shape index (κ3) is 5.00. The van der Waals surface area contributed by atoms with E-state index in [4.69, 9.17) is 4.43 Å². The van der Waals surface area contributed by atoms with Crippen molar-refractivity contribution in [2.24, 2.45) is 0 Å². The smallest absolute Gasteiger partial charge is 0.192 e. The maximum Gasteiger partial charge on any atom is 0.192 e. The van der Waals surface area contributed by atoms with Crippen molar-refractivity contribution in [3.8, 4) is 0 Å². The van der Waals surface area contributed by atoms with Crippen molar-refractivity contribution in [2.75, 3.05) is 0 Å². The third-order valence-corrected chi connectivity index (χ3v) is 12.5. The van der Waals surface area contributed by atoms with E-state index in [0.717, 1.165) is 0 Å². The number of nitrogens with one attached hydrogen (secondary N) is 1. The Hall–Kier alpha value is 0.00688. The topological polar surface area (TPSA) is 57.2 Å². The minimum Gasteiger partial charge on any atom is -0.598 e. The Kier molecular flexibility index (Phi) is 6.59. The largest absolute Gasteiger partial charge is 0.598 e. The van der Waals surface area contributed by atoms with Gasteiger partial charge in [-0.05, 0) is 67.8 Å². The van der Waals surface area contributed by atoms with E-state index in [1.807, 2.05) is 20.8 Å². The van der Waals surface area contributed by atoms with Crippen molar-refractivity contribution in [2.45, 2.75) is 95.3 Å². The molecule has 1 aliphatic carbocycles. The van der Waals surface area contributed by atoms with Crippen LogP contribution in [0.4, 0.5) is 4.39 Å². The second kappa shape index (κ2) is 7.61. The molecule has 1 aromatic heterocycles. The predicted octanol–water partition coefficient (Wildman–Crippen LogP) is 5.80. The molecule has 4 nitrogen and oxygen atoms in total. The molecular formula is C20H34BrFN2O2SSi. The number of hydrogen-bond donors (Lipinski definition) is 1. The first-order valence-corrected chi connectivity index (χ1v) is 14.5. The zero-order valence-electron chi connectivity index (χ0n) is 18.5. The minimum absolute atomic E-state index is 0.0804. The summed E-state index contributed by atoms with van der Waals surface area (Å²) >= 11 is 1.91. The molecule has 0 amide bonds. The summed E-state index contributed by atoms with van der Waals surface area (Å²) in [5, 5.41) is 0.0804. The van der Waals surface area contributed by atoms with Gasteiger partial charge in [0.05, 0.1) is 5.60 Å². The number of pyridine rings is 1. The lowest BCUT2D eigenvalue weighted by Gasteiger charge is -2.57. The number of aromatic nitrogens is 1. The molecule has 8 heteroatoms. The monoisotopic (exact) mass is 492 g/mol. The normalized spacial score (nSPS) is 27.4. The van der Waals surface area contributed by atoms with Crippen LogP contribution in [-0.4, -0.2) is 28.2 Å². The molecule has 1 unspecified atom stereocenters. The Morgan fingerprint density at radius 3 is 2.21 bits per heavy atom. The summed E-state index contributed by atoms with van der Waals surface area (Å²) in [7, 11) is -2.00. The van der Waals surface area contributed by atoms with Gasteiger partial charge in [0.25, 0.3) is 0 Å². The second-order valence-electron chi connectivity index (χ2n) is 10.7. The Labute approximate surface area is 182 Å². The molecule has 1 fully saturated rings. The summed E-state index contributed by atoms with van der Waals surface area (Å²) in [4.78, 5) is 4.35. The van der Waals surface area contributed by atoms with Crippen molar-refractivity contribution < 1.29 is 13.4 Å². The van der Waals surface area contributed by atoms with Gasteiger partial charge in [-0.2, -0.15) is 0 Å². The van der Waals surface area contributed by atoms with Crippen LogP contribution in [0.25, 0.3) is 0 Å². The van der Waals surface area contributed by atoms with Gasteiger partial charge in [0.15, 0.2) is 8.32 Å². The van der Waals surface area contributed by atoms with E-state index in [1.165, 1.54) is 6.07 Å². The Morgan fingerprint density at radius 2 is 1.79 bits per heavy atom. The molecule has 1 saturated carbocycles. The maximum absolute atomic E-state index is 14.8. The van der Waals surface area contributed by atoms with Gasteiger partial charge in [0.2, 0.25) is 0 Å². The number of hydrogen-bond acceptors (Lipinski definition) is 4. The zero-order valence-corrected chi connectivity index (χ0v) is 21.9. The highest BCUT2D eigenvalue weighted by Gasteiger charge is 2.61. The third-order valence-electron chi connectivity index (χ3n) is 5.76. The fourth-order valence-corrected chi connectivity index (χ4v) is 6.34. The molecule has 1 N–H and O–H groups in total. The van der Waals surface area contributed by atoms with E-state index in [2.05, 4.69) is 66.4 Å². The molecule has 0 radical (unpaired) electrons. The molecule has 28 heavy (non-hydrogen) atoms. The quantitative estimate of drug-likeness (QED) is 0.416. The van der Waals surface area contributed by atoms with E-state index >= 15 is 0 Å². The lowest BCUT2D eigenvalue weighted by molar-refractivity contribution is -0.0720. The van der Waals surface area contributed by atoms with Gasteiger partial charge in [-0.25, -0.2) is 4.39 Å². The molecule has 0 spiro atoms. The van der Waals surface area contributed by atoms with Crippen LogP contribution >= 0.6 is 15.9 Å². The van der Waals surface area contributed by atoms with Crippen LogP contribution in [0.2, 0.25) is 18.1 Å². The second-order valence-corrected chi connectivity index (χ2v) is 18.3. The Bertz CT molecular complexity index is 728. The SMILES string of the molecule is CC1(O[Si](C)(C)C(C)(C)C)CC(N[S+]([O-])C(C)(C)C)(c2ncc(Br)cc2F)C1. The van der Waals surface area contributed by atoms with E-state index in [0.29, 0.717) is 23.0 Å². The molecule has 2 rings (SSSR count). The van der Waals surface area contributed by atoms with Crippen LogP contribution in [-0.2, 0) is 21.3 Å². The summed E-state index contributed by atoms with van der Waals surface area (Å²) in [5.41, 5.74) is -0.899. The number of halogens is 2. The van der Waals surface area contributed by atoms with E-state index < -0.39 is 41.4 Å². The molecule has 0 aromatic carbocycles. The molecular weight excluding hydrogens is 459 g/mol. The van der Waals surface area contributed by atoms with Crippen LogP contribution in [0.15, 0.2) is 16.7 Å². The minimum atomic E-state index is -2.00. The van der Waals surface area contributed by atoms with Crippen LogP contribution in [0.3, 0.4) is 0 Å². The summed E-state index contributed by atoms with van der Waals surface area (Å²) in [6, 6.07) is 1.41. The van der Waals surface area contributed by atoms with Gasteiger partial charge in [-0.15, -0.1) is 4.72 Å². The van der Waals surface area contributed by atoms with Crippen molar-refractivity contribution >= 4 is 35.6 Å². The highest BCUT2D eigenvalue weighted by atomic mass is 79.9. The summed E-state index contributed by atoms with van der Waals surface area (Å²) in [6.45, 7) is 18.8. The molecule has 1 aromatic rings. The van der Waals surface area contributed by atoms with Crippen molar-refractivity contribution in [3.05, 3.63) is 28.2 Å². The van der Waals surface area contributed by atoms with Gasteiger partial charge in [0, 0.05) is 34.9 Å². The van der Waals surface area contributed by atoms with E-state index in [-0.39, 0.29) is 5.04 Å². The predicted molar refractivity (Wildman–Crippen MR) is 121 cm³/mol. The van der Waals surface area contributed by atoms with Crippen molar-refractivity contribution in [3.63, 3.8) is 0 Å². The first-order valence-electron chi connectivity index (χ1n) is 9.62. The molecule has 1 aliphatic rings. The fraction of sp³-hybridized carbons (Fsp3) is 0.750. The highest BCUT2D eigenvalue weighted by molar-refractivity contribution is 9.10. The Balaban J connectivity index is 2.36. The summed E-state index contributed by atoms with van der Waals surface area (Å²) in [5.74, 6) is -0.401. The molecule has 1 heterocycles. The van der Waals surface area contributed by atoms with Gasteiger partial charge in [-0.3, -0.25) is 4.98 Å². The Morgan fingerprint density at radius 1 is 1.25 bits per heavy atom. The first kappa shape index (κ1) is 24.3. The first-order chi connectivity index (χ1) is 12.4. The van der Waals surface area contributed by atoms with Crippen LogP contribution in [0.1, 0.15) is 67.0 Å². The maximum atomic E-state index is 14.8. The average molecular weight is 494 g/mol. The van der Waals surface area contributed by atoms with E-state index in [1.54, 1.807) is 6.20 Å². The van der Waals surface area contributed by atoms with Crippen molar-refractivity contribution in [1.82, 2.24) is 9.71 Å². The summed E-state index contributed by atoms with van der Waals surface area (Å²) in [6.07, 6.45) is 2.64. The van der Waals surface area contributed by atoms with Gasteiger partial charge in [-0.1, -0.05) is 20.8 Å². The highest BCUT2D eigenvalue weighted by Crippen LogP contribution is 2.54. The molecule has 1 atom stereocenters. The standard InChI is InChI=1S/C20H34BrFN2O2SSi/c1-17(2,3)27(25)24-20(16-15(22)10-14(21)11-23-16)12-19(7,13-20)26-28(8,9)18(4,5)6/h10-11,24H,12-13H2,1-9H3. The number of nitrogens with zero attached hydrogens (tertiary/aromatic N) is 1. The van der Waals surface area contributed by atoms with E-state index in [9.17, 15) is 8.94 Å². The molecule has 160 valence electrons. The van der Waals surface area contributed by atoms with Crippen LogP contribution in [0.5, 0.6) is 0 Å². The van der Waals surface area contributed by atoms with Crippen molar-refractivity contribution in [1.29, 1.82) is 0 Å². The van der Waals surface area contributed by atoms with Gasteiger partial charge >= 0.3 is 0 Å². The average Bonchev–Trinajstić information content (AvgIpc) is 2.42. The van der Waals surface area contributed by atoms with Gasteiger partial charge < -0.3 is 8.98 Å². The fourth-order valence-electron chi connectivity index (χ4n) is 3.45. The van der Waals surface area contributed by atoms with Crippen LogP contribution < -0.4 is 4.72 Å². The zero-order chi connectivity index (χ0) is 21.8. The lowest BCUT2D eigenvalue weighted by Crippen LogP contribution is -2.67. The lowest BCUT2D eigenvalue weighted by atomic mass is 9.64. The molecule has 0 saturated heterocycles. The van der Waals surface area contributed by atoms with Crippen LogP contribution in [0, 0.1) is 5.82 Å².